The minimum Gasteiger partial charge on any atom is -0.387 e. The predicted molar refractivity (Wildman–Crippen MR) is 88.9 cm³/mol. The molecule has 0 saturated carbocycles. The van der Waals surface area contributed by atoms with Crippen LogP contribution in [0.25, 0.3) is 0 Å². The highest BCUT2D eigenvalue weighted by molar-refractivity contribution is 6.31. The Bertz CT molecular complexity index is 615. The van der Waals surface area contributed by atoms with Crippen molar-refractivity contribution < 1.29 is 9.90 Å². The number of rotatable bonds is 6. The van der Waals surface area contributed by atoms with Gasteiger partial charge in [-0.25, -0.2) is 0 Å². The quantitative estimate of drug-likeness (QED) is 0.853. The molecule has 2 aromatic carbocycles. The summed E-state index contributed by atoms with van der Waals surface area (Å²) in [5.41, 5.74) is 1.60. The van der Waals surface area contributed by atoms with Gasteiger partial charge >= 0.3 is 0 Å². The Hall–Kier alpha value is -1.84. The van der Waals surface area contributed by atoms with Crippen molar-refractivity contribution in [1.82, 2.24) is 5.32 Å². The van der Waals surface area contributed by atoms with Crippen molar-refractivity contribution in [1.29, 1.82) is 0 Å². The summed E-state index contributed by atoms with van der Waals surface area (Å²) in [5.74, 6) is -0.292. The zero-order chi connectivity index (χ0) is 15.9. The van der Waals surface area contributed by atoms with Crippen LogP contribution in [0.5, 0.6) is 0 Å². The van der Waals surface area contributed by atoms with E-state index in [1.165, 1.54) is 0 Å². The smallest absolute Gasteiger partial charge is 0.227 e. The van der Waals surface area contributed by atoms with E-state index in [0.29, 0.717) is 17.0 Å². The molecule has 0 aliphatic heterocycles. The number of hydrogen-bond donors (Lipinski definition) is 2. The maximum absolute atomic E-state index is 12.3. The molecule has 0 fully saturated rings. The molecule has 2 N–H and O–H groups in total. The normalized spacial score (nSPS) is 13.4. The third-order valence-electron chi connectivity index (χ3n) is 3.66. The van der Waals surface area contributed by atoms with Gasteiger partial charge in [-0.2, -0.15) is 0 Å². The van der Waals surface area contributed by atoms with Gasteiger partial charge in [-0.05, 0) is 18.1 Å². The van der Waals surface area contributed by atoms with Crippen LogP contribution in [0.4, 0.5) is 0 Å². The van der Waals surface area contributed by atoms with Crippen molar-refractivity contribution in [3.05, 3.63) is 70.7 Å². The van der Waals surface area contributed by atoms with Crippen LogP contribution in [0, 0.1) is 0 Å². The molecule has 22 heavy (non-hydrogen) atoms. The number of amides is 1. The molecule has 0 spiro atoms. The molecule has 2 unspecified atom stereocenters. The summed E-state index contributed by atoms with van der Waals surface area (Å²) in [5, 5.41) is 13.5. The van der Waals surface area contributed by atoms with Crippen molar-refractivity contribution in [2.45, 2.75) is 25.4 Å². The average Bonchev–Trinajstić information content (AvgIpc) is 2.55. The second kappa shape index (κ2) is 7.97. The number of carbonyl (C=O) groups excluding carboxylic acids is 1. The summed E-state index contributed by atoms with van der Waals surface area (Å²) < 4.78 is 0. The lowest BCUT2D eigenvalue weighted by atomic mass is 9.95. The third-order valence-corrected chi connectivity index (χ3v) is 4.00. The Kier molecular flexibility index (Phi) is 5.99. The van der Waals surface area contributed by atoms with Crippen LogP contribution in [-0.2, 0) is 4.79 Å². The first-order valence-electron chi connectivity index (χ1n) is 7.38. The van der Waals surface area contributed by atoms with E-state index in [-0.39, 0.29) is 18.4 Å². The Labute approximate surface area is 135 Å². The summed E-state index contributed by atoms with van der Waals surface area (Å²) in [6.07, 6.45) is -0.108. The van der Waals surface area contributed by atoms with Crippen molar-refractivity contribution in [2.24, 2.45) is 0 Å². The van der Waals surface area contributed by atoms with Gasteiger partial charge in [0, 0.05) is 17.1 Å². The number of carbonyl (C=O) groups is 1. The highest BCUT2D eigenvalue weighted by Gasteiger charge is 2.19. The largest absolute Gasteiger partial charge is 0.387 e. The molecule has 116 valence electrons. The molecule has 2 aromatic rings. The predicted octanol–water partition coefficient (Wildman–Crippen LogP) is 3.68. The number of hydrogen-bond acceptors (Lipinski definition) is 2. The summed E-state index contributed by atoms with van der Waals surface area (Å²) in [4.78, 5) is 12.3. The lowest BCUT2D eigenvalue weighted by molar-refractivity contribution is -0.123. The molecule has 0 bridgehead atoms. The first kappa shape index (κ1) is 16.5. The summed E-state index contributed by atoms with van der Waals surface area (Å²) in [6.45, 7) is 2.12. The Balaban J connectivity index is 1.98. The second-order valence-electron chi connectivity index (χ2n) is 5.15. The van der Waals surface area contributed by atoms with Crippen molar-refractivity contribution in [2.75, 3.05) is 6.54 Å². The summed E-state index contributed by atoms with van der Waals surface area (Å²) in [7, 11) is 0. The van der Waals surface area contributed by atoms with Crippen LogP contribution >= 0.6 is 11.6 Å². The van der Waals surface area contributed by atoms with Crippen LogP contribution in [0.2, 0.25) is 5.02 Å². The highest BCUT2D eigenvalue weighted by atomic mass is 35.5. The monoisotopic (exact) mass is 317 g/mol. The maximum Gasteiger partial charge on any atom is 0.227 e. The van der Waals surface area contributed by atoms with Crippen molar-refractivity contribution in [3.8, 4) is 0 Å². The zero-order valence-corrected chi connectivity index (χ0v) is 13.3. The van der Waals surface area contributed by atoms with E-state index in [0.717, 1.165) is 5.56 Å². The topological polar surface area (TPSA) is 49.3 Å². The highest BCUT2D eigenvalue weighted by Crippen LogP contribution is 2.23. The van der Waals surface area contributed by atoms with Gasteiger partial charge in [0.15, 0.2) is 0 Å². The molecule has 0 saturated heterocycles. The van der Waals surface area contributed by atoms with Crippen molar-refractivity contribution >= 4 is 17.5 Å². The molecule has 1 amide bonds. The van der Waals surface area contributed by atoms with Crippen LogP contribution < -0.4 is 5.32 Å². The van der Waals surface area contributed by atoms with Crippen molar-refractivity contribution in [3.63, 3.8) is 0 Å². The van der Waals surface area contributed by atoms with E-state index < -0.39 is 6.10 Å². The molecule has 2 rings (SSSR count). The molecule has 0 radical (unpaired) electrons. The summed E-state index contributed by atoms with van der Waals surface area (Å²) in [6, 6.07) is 16.7. The molecular formula is C18H20ClNO2. The number of aliphatic hydroxyl groups excluding tert-OH is 1. The Morgan fingerprint density at radius 3 is 2.41 bits per heavy atom. The fraction of sp³-hybridized carbons (Fsp3) is 0.278. The molecule has 0 aliphatic rings. The van der Waals surface area contributed by atoms with Gasteiger partial charge in [-0.1, -0.05) is 67.1 Å². The lowest BCUT2D eigenvalue weighted by Crippen LogP contribution is -2.32. The van der Waals surface area contributed by atoms with Gasteiger partial charge in [0.1, 0.15) is 0 Å². The van der Waals surface area contributed by atoms with E-state index in [4.69, 9.17) is 11.6 Å². The molecule has 2 atom stereocenters. The number of halogens is 1. The molecule has 0 aromatic heterocycles. The molecule has 0 aliphatic carbocycles. The van der Waals surface area contributed by atoms with E-state index in [1.54, 1.807) is 18.2 Å². The molecular weight excluding hydrogens is 298 g/mol. The van der Waals surface area contributed by atoms with Gasteiger partial charge in [0.05, 0.1) is 12.0 Å². The third kappa shape index (κ3) is 4.09. The van der Waals surface area contributed by atoms with Crippen LogP contribution in [0.3, 0.4) is 0 Å². The average molecular weight is 318 g/mol. The number of benzene rings is 2. The number of aliphatic hydroxyl groups is 1. The maximum atomic E-state index is 12.3. The molecule has 3 nitrogen and oxygen atoms in total. The van der Waals surface area contributed by atoms with E-state index in [1.807, 2.05) is 43.3 Å². The first-order chi connectivity index (χ1) is 10.6. The fourth-order valence-electron chi connectivity index (χ4n) is 2.43. The minimum atomic E-state index is -0.814. The van der Waals surface area contributed by atoms with Gasteiger partial charge in [-0.15, -0.1) is 0 Å². The van der Waals surface area contributed by atoms with Gasteiger partial charge in [0.2, 0.25) is 5.91 Å². The standard InChI is InChI=1S/C18H20ClNO2/c1-2-14(13-8-4-3-5-9-13)18(22)20-12-17(21)15-10-6-7-11-16(15)19/h3-11,14,17,21H,2,12H2,1H3,(H,20,22). The SMILES string of the molecule is CCC(C(=O)NCC(O)c1ccccc1Cl)c1ccccc1. The second-order valence-corrected chi connectivity index (χ2v) is 5.56. The van der Waals surface area contributed by atoms with Gasteiger partial charge in [0.25, 0.3) is 0 Å². The zero-order valence-electron chi connectivity index (χ0n) is 12.5. The first-order valence-corrected chi connectivity index (χ1v) is 7.76. The summed E-state index contributed by atoms with van der Waals surface area (Å²) >= 11 is 6.05. The van der Waals surface area contributed by atoms with Crippen LogP contribution in [0.15, 0.2) is 54.6 Å². The fourth-order valence-corrected chi connectivity index (χ4v) is 2.70. The van der Waals surface area contributed by atoms with E-state index in [2.05, 4.69) is 5.32 Å². The van der Waals surface area contributed by atoms with Crippen LogP contribution in [-0.4, -0.2) is 17.6 Å². The Morgan fingerprint density at radius 2 is 1.77 bits per heavy atom. The van der Waals surface area contributed by atoms with Crippen LogP contribution in [0.1, 0.15) is 36.5 Å². The molecule has 0 heterocycles. The molecule has 4 heteroatoms. The van der Waals surface area contributed by atoms with E-state index >= 15 is 0 Å². The van der Waals surface area contributed by atoms with Gasteiger partial charge < -0.3 is 10.4 Å². The van der Waals surface area contributed by atoms with E-state index in [9.17, 15) is 9.90 Å². The lowest BCUT2D eigenvalue weighted by Gasteiger charge is -2.18. The minimum absolute atomic E-state index is 0.0835. The van der Waals surface area contributed by atoms with Gasteiger partial charge in [-0.3, -0.25) is 4.79 Å². The Morgan fingerprint density at radius 1 is 1.14 bits per heavy atom. The number of nitrogens with one attached hydrogen (secondary N) is 1.